The van der Waals surface area contributed by atoms with Crippen molar-refractivity contribution in [2.45, 2.75) is 130 Å². The third-order valence-electron chi connectivity index (χ3n) is 14.9. The molecule has 0 N–H and O–H groups in total. The topological polar surface area (TPSA) is 6.48 Å². The fourth-order valence-electron chi connectivity index (χ4n) is 12.5. The van der Waals surface area contributed by atoms with Gasteiger partial charge in [-0.25, -0.2) is 0 Å². The van der Waals surface area contributed by atoms with E-state index < -0.39 is 0 Å². The van der Waals surface area contributed by atoms with Gasteiger partial charge in [0.05, 0.1) is 11.4 Å². The van der Waals surface area contributed by atoms with Crippen LogP contribution in [0.3, 0.4) is 0 Å². The Morgan fingerprint density at radius 2 is 0.726 bits per heavy atom. The first-order valence-corrected chi connectivity index (χ1v) is 24.4. The summed E-state index contributed by atoms with van der Waals surface area (Å²) in [6.45, 7) is 28.2. The largest absolute Gasteiger partial charge is 0.310 e. The van der Waals surface area contributed by atoms with E-state index >= 15 is 0 Å². The summed E-state index contributed by atoms with van der Waals surface area (Å²) in [5.41, 5.74) is 21.6. The van der Waals surface area contributed by atoms with E-state index in [-0.39, 0.29) is 21.7 Å². The number of nitrogens with zero attached hydrogens (tertiary/aromatic N) is 2. The summed E-state index contributed by atoms with van der Waals surface area (Å²) in [6.07, 6.45) is 4.88. The summed E-state index contributed by atoms with van der Waals surface area (Å²) in [6, 6.07) is 42.5. The van der Waals surface area contributed by atoms with Crippen LogP contribution in [0.2, 0.25) is 0 Å². The summed E-state index contributed by atoms with van der Waals surface area (Å²) in [5.74, 6) is 1.25. The molecule has 0 aromatic heterocycles. The van der Waals surface area contributed by atoms with Crippen molar-refractivity contribution >= 4 is 66.0 Å². The van der Waals surface area contributed by atoms with Crippen LogP contribution in [-0.4, -0.2) is 0 Å². The van der Waals surface area contributed by atoms with Crippen molar-refractivity contribution in [3.8, 4) is 11.1 Å². The van der Waals surface area contributed by atoms with Gasteiger partial charge in [0.2, 0.25) is 0 Å². The summed E-state index contributed by atoms with van der Waals surface area (Å²) >= 11 is 7.48. The van der Waals surface area contributed by atoms with E-state index in [0.717, 1.165) is 8.95 Å². The molecule has 2 saturated carbocycles. The predicted octanol–water partition coefficient (Wildman–Crippen LogP) is 18.0. The molecule has 0 spiro atoms. The first-order valence-electron chi connectivity index (χ1n) is 22.8. The SMILES string of the molecule is Cc1cc(C(C)(C)C)cc(C)c1N(c1ccc(Br)cc1)c1ccc2c(c1)[C@]13CC(C)C[C@]1(CC(C)C3)c1cc(N(c3ccc(Br)cc3)c3c(C)cc(C(C)(C)C)cc3C)ccc1-2. The van der Waals surface area contributed by atoms with Crippen LogP contribution in [0.1, 0.15) is 126 Å². The fraction of sp³-hybridized carbons (Fsp3) is 0.379. The molecule has 0 atom stereocenters. The Bertz CT molecular complexity index is 2460. The molecule has 62 heavy (non-hydrogen) atoms. The van der Waals surface area contributed by atoms with Gasteiger partial charge in [-0.1, -0.05) is 124 Å². The van der Waals surface area contributed by atoms with Crippen molar-refractivity contribution in [1.29, 1.82) is 0 Å². The van der Waals surface area contributed by atoms with E-state index in [9.17, 15) is 0 Å². The predicted molar refractivity (Wildman–Crippen MR) is 273 cm³/mol. The van der Waals surface area contributed by atoms with Crippen LogP contribution in [0.4, 0.5) is 34.1 Å². The van der Waals surface area contributed by atoms with Gasteiger partial charge in [0.1, 0.15) is 0 Å². The van der Waals surface area contributed by atoms with Crippen LogP contribution in [0.25, 0.3) is 11.1 Å². The number of halogens is 2. The number of aryl methyl sites for hydroxylation is 4. The van der Waals surface area contributed by atoms with Crippen LogP contribution in [-0.2, 0) is 21.7 Å². The molecule has 0 aliphatic heterocycles. The van der Waals surface area contributed by atoms with E-state index in [4.69, 9.17) is 0 Å². The van der Waals surface area contributed by atoms with Crippen LogP contribution in [0.15, 0.2) is 118 Å². The van der Waals surface area contributed by atoms with E-state index in [2.05, 4.69) is 234 Å². The molecule has 6 aromatic rings. The van der Waals surface area contributed by atoms with Crippen molar-refractivity contribution in [3.05, 3.63) is 163 Å². The zero-order chi connectivity index (χ0) is 44.3. The lowest BCUT2D eigenvalue weighted by Crippen LogP contribution is -2.43. The maximum absolute atomic E-state index is 3.74. The molecule has 0 saturated heterocycles. The number of hydrogen-bond donors (Lipinski definition) is 0. The summed E-state index contributed by atoms with van der Waals surface area (Å²) < 4.78 is 2.18. The third-order valence-corrected chi connectivity index (χ3v) is 15.9. The molecule has 0 unspecified atom stereocenters. The average Bonchev–Trinajstić information content (AvgIpc) is 3.65. The second kappa shape index (κ2) is 15.3. The fourth-order valence-corrected chi connectivity index (χ4v) is 13.0. The number of hydrogen-bond acceptors (Lipinski definition) is 2. The molecule has 0 amide bonds. The lowest BCUT2D eigenvalue weighted by molar-refractivity contribution is 0.299. The molecule has 0 bridgehead atoms. The molecule has 3 aliphatic carbocycles. The van der Waals surface area contributed by atoms with Gasteiger partial charge in [-0.3, -0.25) is 0 Å². The Hall–Kier alpha value is -4.12. The van der Waals surface area contributed by atoms with E-state index in [0.29, 0.717) is 11.8 Å². The Kier molecular flexibility index (Phi) is 10.6. The molecule has 3 aliphatic rings. The average molecular weight is 949 g/mol. The quantitative estimate of drug-likeness (QED) is 0.164. The molecule has 0 heterocycles. The highest BCUT2D eigenvalue weighted by Gasteiger charge is 2.65. The minimum atomic E-state index is 0.0526. The molecular formula is C58H64Br2N2. The highest BCUT2D eigenvalue weighted by Crippen LogP contribution is 2.72. The molecule has 0 radical (unpaired) electrons. The van der Waals surface area contributed by atoms with Gasteiger partial charge in [-0.05, 0) is 204 Å². The van der Waals surface area contributed by atoms with Crippen LogP contribution in [0, 0.1) is 39.5 Å². The first kappa shape index (κ1) is 43.1. The summed E-state index contributed by atoms with van der Waals surface area (Å²) in [4.78, 5) is 5.09. The standard InChI is InChI=1S/C58H64Br2N2/c1-35-31-57-33-36(2)34-58(57,32-35)52-30-48(62(46-19-15-44(60)16-20-46)54-39(5)27-42(28-40(54)6)56(10,11)12)22-24-50(52)49-23-21-47(29-51(49)57)61(45-17-13-43(59)14-18-45)53-37(3)25-41(26-38(53)4)55(7,8)9/h13-30,35-36H,31-34H2,1-12H3/t35?,36?,57-,58+. The van der Waals surface area contributed by atoms with Gasteiger partial charge < -0.3 is 9.80 Å². The van der Waals surface area contributed by atoms with Crippen LogP contribution < -0.4 is 9.80 Å². The van der Waals surface area contributed by atoms with Crippen molar-refractivity contribution < 1.29 is 0 Å². The van der Waals surface area contributed by atoms with Gasteiger partial charge in [0, 0.05) is 42.5 Å². The van der Waals surface area contributed by atoms with E-state index in [1.54, 1.807) is 11.1 Å². The van der Waals surface area contributed by atoms with Gasteiger partial charge >= 0.3 is 0 Å². The van der Waals surface area contributed by atoms with Gasteiger partial charge in [-0.15, -0.1) is 0 Å². The monoisotopic (exact) mass is 946 g/mol. The maximum atomic E-state index is 3.74. The number of rotatable bonds is 6. The number of anilines is 6. The molecule has 2 fully saturated rings. The van der Waals surface area contributed by atoms with Crippen molar-refractivity contribution in [3.63, 3.8) is 0 Å². The molecule has 9 rings (SSSR count). The van der Waals surface area contributed by atoms with Gasteiger partial charge in [0.25, 0.3) is 0 Å². The normalized spacial score (nSPS) is 21.6. The zero-order valence-corrected chi connectivity index (χ0v) is 42.2. The lowest BCUT2D eigenvalue weighted by Gasteiger charge is -2.48. The highest BCUT2D eigenvalue weighted by molar-refractivity contribution is 9.10. The van der Waals surface area contributed by atoms with Crippen molar-refractivity contribution in [1.82, 2.24) is 0 Å². The molecule has 6 aromatic carbocycles. The highest BCUT2D eigenvalue weighted by atomic mass is 79.9. The Balaban J connectivity index is 1.27. The Labute approximate surface area is 389 Å². The van der Waals surface area contributed by atoms with E-state index in [1.165, 1.54) is 104 Å². The first-order chi connectivity index (χ1) is 29.2. The lowest BCUT2D eigenvalue weighted by atomic mass is 9.55. The zero-order valence-electron chi connectivity index (χ0n) is 39.0. The van der Waals surface area contributed by atoms with Gasteiger partial charge in [-0.2, -0.15) is 0 Å². The Morgan fingerprint density at radius 1 is 0.435 bits per heavy atom. The Morgan fingerprint density at radius 3 is 1.02 bits per heavy atom. The number of fused-ring (bicyclic) bond motifs is 3. The minimum absolute atomic E-state index is 0.0526. The van der Waals surface area contributed by atoms with Crippen LogP contribution >= 0.6 is 31.9 Å². The third kappa shape index (κ3) is 7.02. The molecule has 2 nitrogen and oxygen atoms in total. The van der Waals surface area contributed by atoms with Gasteiger partial charge in [0.15, 0.2) is 0 Å². The summed E-state index contributed by atoms with van der Waals surface area (Å²) in [5, 5.41) is 0. The molecule has 4 heteroatoms. The van der Waals surface area contributed by atoms with Crippen LogP contribution in [0.5, 0.6) is 0 Å². The maximum Gasteiger partial charge on any atom is 0.0520 e. The second-order valence-corrected chi connectivity index (χ2v) is 23.5. The van der Waals surface area contributed by atoms with Crippen molar-refractivity contribution in [2.75, 3.05) is 9.80 Å². The minimum Gasteiger partial charge on any atom is -0.310 e. The van der Waals surface area contributed by atoms with Crippen molar-refractivity contribution in [2.24, 2.45) is 11.8 Å². The molecular weight excluding hydrogens is 884 g/mol. The van der Waals surface area contributed by atoms with E-state index in [1.807, 2.05) is 0 Å². The summed E-state index contributed by atoms with van der Waals surface area (Å²) in [7, 11) is 0. The molecule has 320 valence electrons. The smallest absolute Gasteiger partial charge is 0.0520 e. The number of benzene rings is 6. The second-order valence-electron chi connectivity index (χ2n) is 21.7.